The Morgan fingerprint density at radius 3 is 1.84 bits per heavy atom. The number of amides is 3. The van der Waals surface area contributed by atoms with E-state index in [1.54, 1.807) is 13.8 Å². The van der Waals surface area contributed by atoms with Gasteiger partial charge in [-0.3, -0.25) is 19.2 Å². The molecule has 0 bridgehead atoms. The van der Waals surface area contributed by atoms with Crippen molar-refractivity contribution in [1.29, 1.82) is 0 Å². The summed E-state index contributed by atoms with van der Waals surface area (Å²) in [4.78, 5) is 59.5. The van der Waals surface area contributed by atoms with Gasteiger partial charge in [0.25, 0.3) is 0 Å². The van der Waals surface area contributed by atoms with Crippen molar-refractivity contribution in [2.45, 2.75) is 71.1 Å². The number of carboxylic acids is 2. The summed E-state index contributed by atoms with van der Waals surface area (Å²) in [6.07, 6.45) is -0.140. The van der Waals surface area contributed by atoms with Crippen molar-refractivity contribution in [2.75, 3.05) is 5.75 Å². The zero-order valence-electron chi connectivity index (χ0n) is 18.3. The molecule has 0 aliphatic carbocycles. The Morgan fingerprint density at radius 1 is 0.871 bits per heavy atom. The topological polar surface area (TPSA) is 188 Å². The third-order valence-electron chi connectivity index (χ3n) is 4.39. The maximum absolute atomic E-state index is 12.8. The number of nitrogens with one attached hydrogen (secondary N) is 3. The first-order valence-electron chi connectivity index (χ1n) is 10.0. The monoisotopic (exact) mass is 462 g/mol. The zero-order valence-corrected chi connectivity index (χ0v) is 19.1. The van der Waals surface area contributed by atoms with Gasteiger partial charge in [-0.25, -0.2) is 4.79 Å². The Morgan fingerprint density at radius 2 is 1.42 bits per heavy atom. The molecule has 0 heterocycles. The van der Waals surface area contributed by atoms with Gasteiger partial charge < -0.3 is 31.9 Å². The molecule has 4 atom stereocenters. The molecule has 0 aliphatic rings. The van der Waals surface area contributed by atoms with E-state index in [9.17, 15) is 24.0 Å². The fraction of sp³-hybridized carbons (Fsp3) is 0.737. The molecule has 7 N–H and O–H groups in total. The first-order valence-corrected chi connectivity index (χ1v) is 10.6. The second-order valence-corrected chi connectivity index (χ2v) is 8.41. The van der Waals surface area contributed by atoms with Crippen LogP contribution in [0, 0.1) is 11.8 Å². The summed E-state index contributed by atoms with van der Waals surface area (Å²) >= 11 is 3.90. The first kappa shape index (κ1) is 28.7. The van der Waals surface area contributed by atoms with E-state index in [0.717, 1.165) is 0 Å². The minimum absolute atomic E-state index is 0.00635. The number of nitrogens with two attached hydrogens (primary N) is 1. The predicted molar refractivity (Wildman–Crippen MR) is 116 cm³/mol. The lowest BCUT2D eigenvalue weighted by molar-refractivity contribution is -0.142. The minimum Gasteiger partial charge on any atom is -0.481 e. The summed E-state index contributed by atoms with van der Waals surface area (Å²) in [5.41, 5.74) is 5.69. The lowest BCUT2D eigenvalue weighted by Gasteiger charge is -2.27. The number of thiol groups is 1. The number of hydrogen-bond acceptors (Lipinski definition) is 7. The van der Waals surface area contributed by atoms with Gasteiger partial charge in [0.15, 0.2) is 0 Å². The number of carbonyl (C=O) groups excluding carboxylic acids is 3. The maximum atomic E-state index is 12.8. The second-order valence-electron chi connectivity index (χ2n) is 8.04. The Hall–Kier alpha value is -2.34. The number of rotatable bonds is 14. The van der Waals surface area contributed by atoms with Crippen molar-refractivity contribution in [1.82, 2.24) is 16.0 Å². The van der Waals surface area contributed by atoms with E-state index in [1.165, 1.54) is 0 Å². The third kappa shape index (κ3) is 11.0. The molecule has 0 aromatic rings. The highest BCUT2D eigenvalue weighted by atomic mass is 32.1. The van der Waals surface area contributed by atoms with Gasteiger partial charge in [0.05, 0.1) is 6.04 Å². The van der Waals surface area contributed by atoms with Crippen molar-refractivity contribution >= 4 is 42.3 Å². The number of carboxylic acid groups (broad SMARTS) is 2. The van der Waals surface area contributed by atoms with E-state index < -0.39 is 53.8 Å². The van der Waals surface area contributed by atoms with Gasteiger partial charge in [0.1, 0.15) is 18.1 Å². The summed E-state index contributed by atoms with van der Waals surface area (Å²) < 4.78 is 0. The summed E-state index contributed by atoms with van der Waals surface area (Å²) in [5.74, 6) is -4.80. The van der Waals surface area contributed by atoms with Crippen LogP contribution in [0.4, 0.5) is 0 Å². The molecule has 178 valence electrons. The van der Waals surface area contributed by atoms with Crippen molar-refractivity contribution in [2.24, 2.45) is 17.6 Å². The average Bonchev–Trinajstić information content (AvgIpc) is 2.66. The van der Waals surface area contributed by atoms with Gasteiger partial charge in [0, 0.05) is 12.2 Å². The minimum atomic E-state index is -1.25. The standard InChI is InChI=1S/C19H34N4O7S/c1-9(2)7-12(17(27)22-13(8-31)19(29)30)21-18(28)15(10(3)4)23-16(26)11(20)5-6-14(24)25/h9-13,15,31H,5-8,20H2,1-4H3,(H,21,28)(H,22,27)(H,23,26)(H,24,25)(H,29,30). The van der Waals surface area contributed by atoms with Crippen LogP contribution in [-0.2, 0) is 24.0 Å². The van der Waals surface area contributed by atoms with Crippen LogP contribution < -0.4 is 21.7 Å². The fourth-order valence-corrected chi connectivity index (χ4v) is 2.88. The normalized spacial score (nSPS) is 15.0. The summed E-state index contributed by atoms with van der Waals surface area (Å²) in [6.45, 7) is 7.05. The van der Waals surface area contributed by atoms with Crippen LogP contribution in [0.2, 0.25) is 0 Å². The smallest absolute Gasteiger partial charge is 0.327 e. The van der Waals surface area contributed by atoms with E-state index in [-0.39, 0.29) is 36.9 Å². The first-order chi connectivity index (χ1) is 14.3. The predicted octanol–water partition coefficient (Wildman–Crippen LogP) is -0.651. The Balaban J connectivity index is 5.30. The average molecular weight is 463 g/mol. The molecule has 3 amide bonds. The highest BCUT2D eigenvalue weighted by molar-refractivity contribution is 7.80. The van der Waals surface area contributed by atoms with Crippen LogP contribution in [0.3, 0.4) is 0 Å². The molecule has 0 rings (SSSR count). The van der Waals surface area contributed by atoms with E-state index in [4.69, 9.17) is 15.9 Å². The van der Waals surface area contributed by atoms with Gasteiger partial charge >= 0.3 is 11.9 Å². The molecule has 0 spiro atoms. The van der Waals surface area contributed by atoms with Crippen LogP contribution in [0.15, 0.2) is 0 Å². The van der Waals surface area contributed by atoms with Crippen molar-refractivity contribution in [3.8, 4) is 0 Å². The number of carbonyl (C=O) groups is 5. The third-order valence-corrected chi connectivity index (χ3v) is 4.76. The quantitative estimate of drug-likeness (QED) is 0.166. The largest absolute Gasteiger partial charge is 0.481 e. The van der Waals surface area contributed by atoms with Crippen LogP contribution >= 0.6 is 12.6 Å². The van der Waals surface area contributed by atoms with E-state index in [0.29, 0.717) is 0 Å². The second kappa shape index (κ2) is 13.9. The Bertz CT molecular complexity index is 657. The molecule has 0 aromatic carbocycles. The summed E-state index contributed by atoms with van der Waals surface area (Å²) in [7, 11) is 0. The molecule has 0 saturated heterocycles. The zero-order chi connectivity index (χ0) is 24.3. The Labute approximate surface area is 187 Å². The Kier molecular flexibility index (Phi) is 12.8. The SMILES string of the molecule is CC(C)CC(NC(=O)C(NC(=O)C(N)CCC(=O)O)C(C)C)C(=O)NC(CS)C(=O)O. The van der Waals surface area contributed by atoms with Crippen LogP contribution in [0.25, 0.3) is 0 Å². The lowest BCUT2D eigenvalue weighted by Crippen LogP contribution is -2.58. The van der Waals surface area contributed by atoms with Crippen LogP contribution in [0.5, 0.6) is 0 Å². The molecule has 0 saturated carbocycles. The van der Waals surface area contributed by atoms with Crippen molar-refractivity contribution in [3.05, 3.63) is 0 Å². The molecular formula is C19H34N4O7S. The molecule has 12 heteroatoms. The molecule has 0 radical (unpaired) electrons. The molecule has 0 aromatic heterocycles. The molecule has 4 unspecified atom stereocenters. The number of aliphatic carboxylic acids is 2. The maximum Gasteiger partial charge on any atom is 0.327 e. The fourth-order valence-electron chi connectivity index (χ4n) is 2.63. The molecule has 11 nitrogen and oxygen atoms in total. The van der Waals surface area contributed by atoms with Gasteiger partial charge in [-0.05, 0) is 24.7 Å². The summed E-state index contributed by atoms with van der Waals surface area (Å²) in [5, 5.41) is 25.2. The molecule has 0 aliphatic heterocycles. The van der Waals surface area contributed by atoms with Crippen molar-refractivity contribution in [3.63, 3.8) is 0 Å². The van der Waals surface area contributed by atoms with E-state index in [1.807, 2.05) is 13.8 Å². The van der Waals surface area contributed by atoms with Crippen molar-refractivity contribution < 1.29 is 34.2 Å². The molecule has 0 fully saturated rings. The van der Waals surface area contributed by atoms with E-state index >= 15 is 0 Å². The van der Waals surface area contributed by atoms with Crippen LogP contribution in [0.1, 0.15) is 47.0 Å². The molecular weight excluding hydrogens is 428 g/mol. The van der Waals surface area contributed by atoms with Crippen LogP contribution in [-0.4, -0.2) is 69.8 Å². The van der Waals surface area contributed by atoms with Gasteiger partial charge in [-0.15, -0.1) is 0 Å². The molecule has 31 heavy (non-hydrogen) atoms. The highest BCUT2D eigenvalue weighted by Gasteiger charge is 2.31. The summed E-state index contributed by atoms with van der Waals surface area (Å²) in [6, 6.07) is -4.36. The number of hydrogen-bond donors (Lipinski definition) is 7. The van der Waals surface area contributed by atoms with Gasteiger partial charge in [0.2, 0.25) is 17.7 Å². The van der Waals surface area contributed by atoms with Gasteiger partial charge in [-0.1, -0.05) is 27.7 Å². The highest BCUT2D eigenvalue weighted by Crippen LogP contribution is 2.09. The van der Waals surface area contributed by atoms with E-state index in [2.05, 4.69) is 28.6 Å². The lowest BCUT2D eigenvalue weighted by atomic mass is 9.99. The van der Waals surface area contributed by atoms with Gasteiger partial charge in [-0.2, -0.15) is 12.6 Å².